The fraction of sp³-hybridized carbons (Fsp3) is 0.273. The lowest BCUT2D eigenvalue weighted by Gasteiger charge is -2.13. The molecule has 9 heteroatoms. The Kier molecular flexibility index (Phi) is 8.00. The molecule has 0 atom stereocenters. The summed E-state index contributed by atoms with van der Waals surface area (Å²) in [6.45, 7) is 1.99. The van der Waals surface area contributed by atoms with Crippen LogP contribution in [0.15, 0.2) is 40.6 Å². The number of unbranched alkanes of at least 4 members (excludes halogenated alkanes) is 2. The molecule has 0 spiro atoms. The van der Waals surface area contributed by atoms with Gasteiger partial charge in [-0.15, -0.1) is 11.3 Å². The number of nitrogens with zero attached hydrogens (tertiary/aromatic N) is 1. The Morgan fingerprint density at radius 3 is 2.58 bits per heavy atom. The van der Waals surface area contributed by atoms with Crippen molar-refractivity contribution in [3.05, 3.63) is 45.5 Å². The van der Waals surface area contributed by atoms with Gasteiger partial charge in [-0.1, -0.05) is 42.5 Å². The Hall–Kier alpha value is -2.49. The smallest absolute Gasteiger partial charge is 0.303 e. The minimum atomic E-state index is -0.799. The number of thiophene rings is 1. The minimum absolute atomic E-state index is 0.0946. The van der Waals surface area contributed by atoms with Gasteiger partial charge in [-0.3, -0.25) is 19.3 Å². The molecule has 0 unspecified atom stereocenters. The zero-order valence-electron chi connectivity index (χ0n) is 16.9. The van der Waals surface area contributed by atoms with Crippen LogP contribution in [0.2, 0.25) is 0 Å². The molecule has 1 aromatic heterocycles. The van der Waals surface area contributed by atoms with Crippen molar-refractivity contribution in [2.75, 3.05) is 11.9 Å². The van der Waals surface area contributed by atoms with E-state index in [0.717, 1.165) is 34.5 Å². The number of aliphatic carboxylic acids is 1. The summed E-state index contributed by atoms with van der Waals surface area (Å²) in [5.74, 6) is -1.00. The molecule has 1 aliphatic rings. The number of nitrogens with one attached hydrogen (secondary N) is 1. The van der Waals surface area contributed by atoms with Crippen LogP contribution in [-0.2, 0) is 14.4 Å². The Morgan fingerprint density at radius 1 is 1.16 bits per heavy atom. The minimum Gasteiger partial charge on any atom is -0.481 e. The maximum absolute atomic E-state index is 12.7. The summed E-state index contributed by atoms with van der Waals surface area (Å²) in [4.78, 5) is 37.6. The summed E-state index contributed by atoms with van der Waals surface area (Å²) in [5.41, 5.74) is 2.82. The number of carbonyl (C=O) groups is 3. The normalized spacial score (nSPS) is 15.0. The molecule has 162 valence electrons. The van der Waals surface area contributed by atoms with Crippen molar-refractivity contribution in [1.29, 1.82) is 0 Å². The van der Waals surface area contributed by atoms with Gasteiger partial charge >= 0.3 is 5.97 Å². The van der Waals surface area contributed by atoms with Crippen molar-refractivity contribution >= 4 is 69.2 Å². The zero-order chi connectivity index (χ0) is 22.4. The molecule has 0 aliphatic carbocycles. The fourth-order valence-electron chi connectivity index (χ4n) is 3.07. The van der Waals surface area contributed by atoms with Gasteiger partial charge in [0.05, 0.1) is 4.91 Å². The highest BCUT2D eigenvalue weighted by Gasteiger charge is 2.31. The van der Waals surface area contributed by atoms with Gasteiger partial charge in [0.2, 0.25) is 5.91 Å². The zero-order valence-corrected chi connectivity index (χ0v) is 19.4. The third-order valence-electron chi connectivity index (χ3n) is 4.58. The van der Waals surface area contributed by atoms with Crippen LogP contribution in [0.5, 0.6) is 0 Å². The number of amides is 2. The van der Waals surface area contributed by atoms with E-state index in [9.17, 15) is 14.4 Å². The Morgan fingerprint density at radius 2 is 1.90 bits per heavy atom. The van der Waals surface area contributed by atoms with E-state index in [1.54, 1.807) is 16.2 Å². The molecule has 31 heavy (non-hydrogen) atoms. The van der Waals surface area contributed by atoms with Gasteiger partial charge in [0, 0.05) is 30.5 Å². The highest BCUT2D eigenvalue weighted by Crippen LogP contribution is 2.35. The summed E-state index contributed by atoms with van der Waals surface area (Å²) < 4.78 is 0.542. The number of hydrogen-bond donors (Lipinski definition) is 2. The summed E-state index contributed by atoms with van der Waals surface area (Å²) >= 11 is 8.21. The van der Waals surface area contributed by atoms with Crippen molar-refractivity contribution in [3.63, 3.8) is 0 Å². The number of anilines is 1. The first-order valence-corrected chi connectivity index (χ1v) is 11.9. The predicted molar refractivity (Wildman–Crippen MR) is 130 cm³/mol. The predicted octanol–water partition coefficient (Wildman–Crippen LogP) is 5.22. The van der Waals surface area contributed by atoms with Gasteiger partial charge in [0.25, 0.3) is 5.91 Å². The molecule has 0 radical (unpaired) electrons. The molecule has 2 aromatic rings. The van der Waals surface area contributed by atoms with E-state index in [1.807, 2.05) is 41.8 Å². The van der Waals surface area contributed by atoms with Crippen LogP contribution in [0.1, 0.15) is 37.5 Å². The van der Waals surface area contributed by atoms with Crippen LogP contribution in [0.25, 0.3) is 17.2 Å². The van der Waals surface area contributed by atoms with Crippen LogP contribution in [-0.4, -0.2) is 38.7 Å². The number of hydrogen-bond acceptors (Lipinski definition) is 6. The second-order valence-corrected chi connectivity index (χ2v) is 9.65. The van der Waals surface area contributed by atoms with Crippen LogP contribution >= 0.6 is 35.3 Å². The number of carboxylic acids is 1. The number of thiocarbonyl (C=S) groups is 1. The van der Waals surface area contributed by atoms with Gasteiger partial charge in [-0.2, -0.15) is 0 Å². The maximum Gasteiger partial charge on any atom is 0.303 e. The third kappa shape index (κ3) is 6.49. The first-order chi connectivity index (χ1) is 14.8. The summed E-state index contributed by atoms with van der Waals surface area (Å²) in [6.07, 6.45) is 4.09. The Bertz CT molecular complexity index is 1030. The topological polar surface area (TPSA) is 86.7 Å². The fourth-order valence-corrected chi connectivity index (χ4v) is 5.30. The van der Waals surface area contributed by atoms with Crippen LogP contribution in [0, 0.1) is 0 Å². The summed E-state index contributed by atoms with van der Waals surface area (Å²) in [5, 5.41) is 13.5. The summed E-state index contributed by atoms with van der Waals surface area (Å²) in [6, 6.07) is 9.63. The van der Waals surface area contributed by atoms with Crippen molar-refractivity contribution in [1.82, 2.24) is 4.90 Å². The highest BCUT2D eigenvalue weighted by molar-refractivity contribution is 8.26. The molecule has 1 saturated heterocycles. The third-order valence-corrected chi connectivity index (χ3v) is 6.84. The van der Waals surface area contributed by atoms with E-state index in [2.05, 4.69) is 5.32 Å². The summed E-state index contributed by atoms with van der Waals surface area (Å²) in [7, 11) is 0. The van der Waals surface area contributed by atoms with Crippen LogP contribution < -0.4 is 5.32 Å². The van der Waals surface area contributed by atoms with Gasteiger partial charge in [0.15, 0.2) is 0 Å². The number of rotatable bonds is 9. The van der Waals surface area contributed by atoms with Crippen molar-refractivity contribution in [2.45, 2.75) is 32.6 Å². The number of carboxylic acid groups (broad SMARTS) is 1. The average Bonchev–Trinajstić information content (AvgIpc) is 3.27. The number of thioether (sulfide) groups is 1. The standard InChI is InChI=1S/C22H22N2O4S3/c1-14(25)23-17-8-6-15(7-9-17)16-11-18(30-13-16)12-19-21(28)24(22(29)31-19)10-4-2-3-5-20(26)27/h6-9,11-13H,2-5,10H2,1H3,(H,23,25)(H,26,27). The van der Waals surface area contributed by atoms with E-state index in [1.165, 1.54) is 18.7 Å². The largest absolute Gasteiger partial charge is 0.481 e. The molecule has 1 aliphatic heterocycles. The van der Waals surface area contributed by atoms with Crippen molar-refractivity contribution in [3.8, 4) is 11.1 Å². The first kappa shape index (κ1) is 23.2. The van der Waals surface area contributed by atoms with Crippen molar-refractivity contribution in [2.24, 2.45) is 0 Å². The van der Waals surface area contributed by atoms with E-state index < -0.39 is 5.97 Å². The van der Waals surface area contributed by atoms with Crippen LogP contribution in [0.3, 0.4) is 0 Å². The molecule has 1 aromatic carbocycles. The second kappa shape index (κ2) is 10.7. The molecule has 6 nitrogen and oxygen atoms in total. The average molecular weight is 475 g/mol. The van der Waals surface area contributed by atoms with E-state index in [0.29, 0.717) is 22.2 Å². The maximum atomic E-state index is 12.7. The number of carbonyl (C=O) groups excluding carboxylic acids is 2. The van der Waals surface area contributed by atoms with Gasteiger partial charge in [-0.25, -0.2) is 0 Å². The molecule has 3 rings (SSSR count). The molecule has 2 heterocycles. The monoisotopic (exact) mass is 474 g/mol. The molecule has 2 amide bonds. The SMILES string of the molecule is CC(=O)Nc1ccc(-c2csc(C=C3SC(=S)N(CCCCCC(=O)O)C3=O)c2)cc1. The van der Waals surface area contributed by atoms with E-state index in [4.69, 9.17) is 17.3 Å². The van der Waals surface area contributed by atoms with Crippen molar-refractivity contribution < 1.29 is 19.5 Å². The molecule has 2 N–H and O–H groups in total. The van der Waals surface area contributed by atoms with E-state index in [-0.39, 0.29) is 18.2 Å². The van der Waals surface area contributed by atoms with Gasteiger partial charge in [0.1, 0.15) is 4.32 Å². The highest BCUT2D eigenvalue weighted by atomic mass is 32.2. The Labute approximate surface area is 194 Å². The molecular formula is C22H22N2O4S3. The lowest BCUT2D eigenvalue weighted by atomic mass is 10.1. The van der Waals surface area contributed by atoms with Gasteiger partial charge < -0.3 is 10.4 Å². The van der Waals surface area contributed by atoms with Gasteiger partial charge in [-0.05, 0) is 53.6 Å². The number of benzene rings is 1. The van der Waals surface area contributed by atoms with E-state index >= 15 is 0 Å². The lowest BCUT2D eigenvalue weighted by Crippen LogP contribution is -2.29. The quantitative estimate of drug-likeness (QED) is 0.294. The molecular weight excluding hydrogens is 452 g/mol. The molecule has 0 saturated carbocycles. The molecule has 0 bridgehead atoms. The van der Waals surface area contributed by atoms with Crippen LogP contribution in [0.4, 0.5) is 5.69 Å². The second-order valence-electron chi connectivity index (χ2n) is 7.03. The Balaban J connectivity index is 1.61. The molecule has 1 fully saturated rings. The lowest BCUT2D eigenvalue weighted by molar-refractivity contribution is -0.137. The first-order valence-electron chi connectivity index (χ1n) is 9.77.